The van der Waals surface area contributed by atoms with Gasteiger partial charge in [0.15, 0.2) is 5.69 Å². The van der Waals surface area contributed by atoms with Gasteiger partial charge in [0.25, 0.3) is 23.4 Å². The van der Waals surface area contributed by atoms with Crippen molar-refractivity contribution in [3.63, 3.8) is 0 Å². The standard InChI is InChI=1S/2C17H20FIN4O.C15H8IN3O4.C14H16IN3O.C5H9F/c2*1-2-23(9-4-3-7-18)10-8-20-17(24)16-12-21-15-11-13(19)5-6-14(15)22-16;16-9-1-6-12-13(7-9)17-8-14(18-12)15(20)23-11-4-2-10(3-5-11)19(21)22;1-2-3-4-7-16-14(19)13-9-17-12-8-10(15)5-6-11(12)18-13;1-2-3-4-5-6/h2*3-6,11-12H,2,7-10H2,1H3,(H,20,24);1-8H;5-6,8-9H,2-4,7H2,1H3,(H,16,19);3-4H,2,5H2,1H3/b2*4-3+;;;4-3+. The highest BCUT2D eigenvalue weighted by molar-refractivity contribution is 14.1. The number of benzene rings is 5. The zero-order valence-corrected chi connectivity index (χ0v) is 61.9. The molecule has 3 amide bonds. The van der Waals surface area contributed by atoms with E-state index >= 15 is 0 Å². The number of non-ortho nitro benzene ring substituents is 1. The van der Waals surface area contributed by atoms with Crippen LogP contribution in [0.2, 0.25) is 0 Å². The molecule has 0 unspecified atom stereocenters. The second kappa shape index (κ2) is 44.4. The largest absolute Gasteiger partial charge is 0.422 e. The maximum absolute atomic E-state index is 12.2. The van der Waals surface area contributed by atoms with Crippen molar-refractivity contribution in [2.45, 2.75) is 53.4 Å². The van der Waals surface area contributed by atoms with E-state index in [1.807, 2.05) is 87.5 Å². The van der Waals surface area contributed by atoms with Gasteiger partial charge in [-0.25, -0.2) is 37.9 Å². The first kappa shape index (κ1) is 79.3. The number of ether oxygens (including phenoxy) is 1. The summed E-state index contributed by atoms with van der Waals surface area (Å²) in [7, 11) is 0. The van der Waals surface area contributed by atoms with Crippen molar-refractivity contribution in [3.8, 4) is 5.75 Å². The first-order valence-electron chi connectivity index (χ1n) is 30.5. The molecule has 3 N–H and O–H groups in total. The normalized spacial score (nSPS) is 11.0. The van der Waals surface area contributed by atoms with Gasteiger partial charge in [0.05, 0.1) is 73.8 Å². The van der Waals surface area contributed by atoms with Gasteiger partial charge in [-0.15, -0.1) is 0 Å². The van der Waals surface area contributed by atoms with Gasteiger partial charge >= 0.3 is 5.97 Å². The summed E-state index contributed by atoms with van der Waals surface area (Å²) in [6.07, 6.45) is 20.0. The van der Waals surface area contributed by atoms with Crippen LogP contribution < -0.4 is 20.7 Å². The molecule has 0 atom stereocenters. The minimum absolute atomic E-state index is 0.0667. The van der Waals surface area contributed by atoms with Crippen LogP contribution in [0.1, 0.15) is 95.3 Å². The third-order valence-electron chi connectivity index (χ3n) is 13.3. The number of amides is 3. The zero-order valence-electron chi connectivity index (χ0n) is 53.2. The van der Waals surface area contributed by atoms with Crippen molar-refractivity contribution in [1.29, 1.82) is 0 Å². The predicted octanol–water partition coefficient (Wildman–Crippen LogP) is 14.1. The summed E-state index contributed by atoms with van der Waals surface area (Å²) in [5, 5.41) is 19.1. The average Bonchev–Trinajstić information content (AvgIpc) is 0.894. The summed E-state index contributed by atoms with van der Waals surface area (Å²) < 4.78 is 44.6. The molecule has 4 aromatic heterocycles. The van der Waals surface area contributed by atoms with E-state index in [0.717, 1.165) is 75.1 Å². The van der Waals surface area contributed by atoms with Gasteiger partial charge in [-0.1, -0.05) is 77.0 Å². The number of nitrogens with zero attached hydrogens (tertiary/aromatic N) is 11. The Labute approximate surface area is 609 Å². The summed E-state index contributed by atoms with van der Waals surface area (Å²) in [6, 6.07) is 27.9. The van der Waals surface area contributed by atoms with E-state index in [1.165, 1.54) is 67.3 Å². The quantitative estimate of drug-likeness (QED) is 0.00865. The highest BCUT2D eigenvalue weighted by Crippen LogP contribution is 2.21. The van der Waals surface area contributed by atoms with Crippen molar-refractivity contribution in [2.75, 3.05) is 78.9 Å². The Morgan fingerprint density at radius 3 is 1.17 bits per heavy atom. The van der Waals surface area contributed by atoms with E-state index in [9.17, 15) is 42.5 Å². The molecular weight excluding hydrogens is 1690 g/mol. The first-order chi connectivity index (χ1) is 46.4. The molecule has 21 nitrogen and oxygen atoms in total. The summed E-state index contributed by atoms with van der Waals surface area (Å²) in [4.78, 5) is 96.9. The van der Waals surface area contributed by atoms with Crippen LogP contribution in [0, 0.1) is 24.4 Å². The topological polar surface area (TPSA) is 266 Å². The number of carbonyl (C=O) groups excluding carboxylic acids is 4. The van der Waals surface area contributed by atoms with E-state index in [2.05, 4.69) is 163 Å². The van der Waals surface area contributed by atoms with E-state index < -0.39 is 24.2 Å². The fourth-order valence-electron chi connectivity index (χ4n) is 8.22. The second-order valence-electron chi connectivity index (χ2n) is 20.2. The number of nitro benzene ring substituents is 1. The molecule has 4 heterocycles. The van der Waals surface area contributed by atoms with Crippen molar-refractivity contribution < 1.29 is 42.0 Å². The SMILES string of the molecule is CC/C=C/CF.CCCCCNC(=O)c1cnc2cc(I)ccc2n1.CCN(C/C=C/CF)CCNC(=O)c1cnc2cc(I)ccc2n1.CCN(C/C=C/CF)CCNC(=O)c1cnc2cc(I)ccc2n1.O=C(Oc1ccc([N+](=O)[O-])cc1)c1cnc2cc(I)ccc2n1. The Morgan fingerprint density at radius 1 is 0.479 bits per heavy atom. The Hall–Kier alpha value is -7.41. The van der Waals surface area contributed by atoms with Gasteiger partial charge in [0.1, 0.15) is 42.9 Å². The number of likely N-dealkylation sites (N-methyl/N-ethyl adjacent to an activating group) is 2. The number of hydrogen-bond acceptors (Lipinski definition) is 17. The van der Waals surface area contributed by atoms with Gasteiger partial charge in [-0.2, -0.15) is 0 Å². The number of unbranched alkanes of at least 4 members (excludes halogenated alkanes) is 2. The van der Waals surface area contributed by atoms with Crippen LogP contribution in [0.4, 0.5) is 18.9 Å². The molecule has 28 heteroatoms. The van der Waals surface area contributed by atoms with Gasteiger partial charge in [-0.05, 0) is 201 Å². The van der Waals surface area contributed by atoms with Crippen LogP contribution in [-0.2, 0) is 0 Å². The number of rotatable bonds is 26. The lowest BCUT2D eigenvalue weighted by atomic mass is 10.2. The van der Waals surface area contributed by atoms with E-state index in [4.69, 9.17) is 4.74 Å². The van der Waals surface area contributed by atoms with Crippen LogP contribution >= 0.6 is 90.4 Å². The van der Waals surface area contributed by atoms with Gasteiger partial charge in [0, 0.05) is 72.2 Å². The third kappa shape index (κ3) is 28.3. The molecule has 506 valence electrons. The number of alkyl halides is 3. The molecule has 5 aromatic carbocycles. The lowest BCUT2D eigenvalue weighted by Crippen LogP contribution is -2.35. The molecule has 9 aromatic rings. The molecule has 96 heavy (non-hydrogen) atoms. The molecule has 0 fully saturated rings. The Kier molecular flexibility index (Phi) is 36.7. The minimum atomic E-state index is -0.674. The maximum atomic E-state index is 12.2. The van der Waals surface area contributed by atoms with E-state index in [0.29, 0.717) is 85.0 Å². The van der Waals surface area contributed by atoms with Crippen molar-refractivity contribution in [3.05, 3.63) is 205 Å². The van der Waals surface area contributed by atoms with Crippen LogP contribution in [0.25, 0.3) is 44.1 Å². The molecule has 0 aliphatic rings. The molecule has 0 aliphatic heterocycles. The summed E-state index contributed by atoms with van der Waals surface area (Å²) in [5.41, 5.74) is 6.78. The van der Waals surface area contributed by atoms with Crippen molar-refractivity contribution in [2.24, 2.45) is 0 Å². The monoisotopic (exact) mass is 1760 g/mol. The smallest absolute Gasteiger partial charge is 0.363 e. The van der Waals surface area contributed by atoms with Crippen LogP contribution in [-0.4, -0.2) is 157 Å². The number of allylic oxidation sites excluding steroid dienone is 4. The summed E-state index contributed by atoms with van der Waals surface area (Å²) >= 11 is 8.82. The van der Waals surface area contributed by atoms with Crippen LogP contribution in [0.3, 0.4) is 0 Å². The predicted molar refractivity (Wildman–Crippen MR) is 403 cm³/mol. The lowest BCUT2D eigenvalue weighted by Gasteiger charge is -2.18. The molecule has 9 rings (SSSR count). The maximum Gasteiger partial charge on any atom is 0.363 e. The average molecular weight is 1760 g/mol. The number of nitro groups is 1. The number of hydrogen-bond donors (Lipinski definition) is 3. The number of nitrogens with one attached hydrogen (secondary N) is 3. The second-order valence-corrected chi connectivity index (χ2v) is 25.2. The van der Waals surface area contributed by atoms with E-state index in [-0.39, 0.29) is 41.5 Å². The Balaban J connectivity index is 0.000000225. The molecule has 0 radical (unpaired) electrons. The van der Waals surface area contributed by atoms with Gasteiger partial charge in [0.2, 0.25) is 0 Å². The summed E-state index contributed by atoms with van der Waals surface area (Å²) in [6.45, 7) is 13.0. The Bertz CT molecular complexity index is 3960. The molecular formula is C68H73F3I4N14O7. The summed E-state index contributed by atoms with van der Waals surface area (Å²) in [5.74, 6) is -1.10. The first-order valence-corrected chi connectivity index (χ1v) is 34.8. The molecule has 0 bridgehead atoms. The number of aromatic nitrogens is 8. The third-order valence-corrected chi connectivity index (χ3v) is 16.0. The number of halogens is 7. The molecule has 0 saturated carbocycles. The lowest BCUT2D eigenvalue weighted by molar-refractivity contribution is -0.384. The Morgan fingerprint density at radius 2 is 0.833 bits per heavy atom. The molecule has 0 aliphatic carbocycles. The van der Waals surface area contributed by atoms with E-state index in [1.54, 1.807) is 24.3 Å². The highest BCUT2D eigenvalue weighted by atomic mass is 127. The van der Waals surface area contributed by atoms with Gasteiger partial charge < -0.3 is 20.7 Å². The van der Waals surface area contributed by atoms with Gasteiger partial charge in [-0.3, -0.25) is 54.2 Å². The minimum Gasteiger partial charge on any atom is -0.422 e. The number of fused-ring (bicyclic) bond motifs is 4. The highest BCUT2D eigenvalue weighted by Gasteiger charge is 2.16. The van der Waals surface area contributed by atoms with Crippen molar-refractivity contribution >= 4 is 164 Å². The fourth-order valence-corrected chi connectivity index (χ4v) is 10.1. The van der Waals surface area contributed by atoms with Crippen molar-refractivity contribution in [1.82, 2.24) is 65.6 Å². The fraction of sp³-hybridized carbons (Fsp3) is 0.294. The molecule has 0 saturated heterocycles. The zero-order chi connectivity index (χ0) is 69.6. The number of esters is 1. The molecule has 0 spiro atoms. The van der Waals surface area contributed by atoms with Crippen LogP contribution in [0.15, 0.2) is 158 Å². The van der Waals surface area contributed by atoms with Crippen LogP contribution in [0.5, 0.6) is 5.75 Å². The number of carbonyl (C=O) groups is 4.